The maximum absolute atomic E-state index is 3.73. The van der Waals surface area contributed by atoms with E-state index in [1.807, 2.05) is 11.8 Å². The van der Waals surface area contributed by atoms with E-state index in [0.29, 0.717) is 6.04 Å². The molecular weight excluding hydrogens is 262 g/mol. The van der Waals surface area contributed by atoms with Gasteiger partial charge in [-0.3, -0.25) is 0 Å². The van der Waals surface area contributed by atoms with Crippen molar-refractivity contribution in [1.29, 1.82) is 0 Å². The van der Waals surface area contributed by atoms with Crippen LogP contribution in [0.4, 0.5) is 5.69 Å². The topological polar surface area (TPSA) is 12.0 Å². The smallest absolute Gasteiger partial charge is 0.0514 e. The Bertz CT molecular complexity index is 510. The Kier molecular flexibility index (Phi) is 6.00. The first-order valence-corrected chi connectivity index (χ1v) is 8.37. The van der Waals surface area contributed by atoms with Gasteiger partial charge in [0.15, 0.2) is 0 Å². The number of nitrogens with one attached hydrogen (secondary N) is 1. The van der Waals surface area contributed by atoms with Crippen molar-refractivity contribution in [2.75, 3.05) is 11.1 Å². The summed E-state index contributed by atoms with van der Waals surface area (Å²) >= 11 is 1.89. The summed E-state index contributed by atoms with van der Waals surface area (Å²) < 4.78 is 0. The molecule has 106 valence electrons. The van der Waals surface area contributed by atoms with Gasteiger partial charge in [-0.2, -0.15) is 0 Å². The van der Waals surface area contributed by atoms with Crippen LogP contribution in [0.1, 0.15) is 38.3 Å². The summed E-state index contributed by atoms with van der Waals surface area (Å²) in [6.45, 7) is 4.44. The van der Waals surface area contributed by atoms with Crippen molar-refractivity contribution in [2.24, 2.45) is 0 Å². The Hall–Kier alpha value is -1.41. The van der Waals surface area contributed by atoms with Crippen LogP contribution in [0.15, 0.2) is 59.5 Å². The van der Waals surface area contributed by atoms with E-state index in [0.717, 1.165) is 12.2 Å². The average Bonchev–Trinajstić information content (AvgIpc) is 2.50. The van der Waals surface area contributed by atoms with Gasteiger partial charge in [0.2, 0.25) is 0 Å². The molecule has 1 unspecified atom stereocenters. The Morgan fingerprint density at radius 2 is 1.65 bits per heavy atom. The predicted molar refractivity (Wildman–Crippen MR) is 90.6 cm³/mol. The van der Waals surface area contributed by atoms with Gasteiger partial charge in [-0.25, -0.2) is 0 Å². The Morgan fingerprint density at radius 1 is 0.950 bits per heavy atom. The molecule has 2 aromatic carbocycles. The van der Waals surface area contributed by atoms with Crippen LogP contribution in [0.3, 0.4) is 0 Å². The second kappa shape index (κ2) is 8.01. The first-order chi connectivity index (χ1) is 9.85. The lowest BCUT2D eigenvalue weighted by atomic mass is 10.0. The first-order valence-electron chi connectivity index (χ1n) is 7.38. The highest BCUT2D eigenvalue weighted by Gasteiger charge is 2.11. The molecule has 0 saturated carbocycles. The van der Waals surface area contributed by atoms with E-state index in [1.54, 1.807) is 0 Å². The molecule has 1 atom stereocenters. The highest BCUT2D eigenvalue weighted by atomic mass is 32.2. The van der Waals surface area contributed by atoms with Crippen molar-refractivity contribution in [3.63, 3.8) is 0 Å². The van der Waals surface area contributed by atoms with Crippen LogP contribution in [0.25, 0.3) is 0 Å². The van der Waals surface area contributed by atoms with Gasteiger partial charge < -0.3 is 5.32 Å². The number of benzene rings is 2. The molecule has 0 heterocycles. The monoisotopic (exact) mass is 285 g/mol. The number of para-hydroxylation sites is 1. The van der Waals surface area contributed by atoms with Crippen molar-refractivity contribution in [2.45, 2.75) is 37.6 Å². The molecule has 0 amide bonds. The highest BCUT2D eigenvalue weighted by molar-refractivity contribution is 7.99. The number of rotatable bonds is 7. The lowest BCUT2D eigenvalue weighted by Gasteiger charge is -2.21. The fraction of sp³-hybridized carbons (Fsp3) is 0.333. The lowest BCUT2D eigenvalue weighted by Crippen LogP contribution is -2.11. The molecule has 2 rings (SSSR count). The number of anilines is 1. The zero-order valence-corrected chi connectivity index (χ0v) is 13.1. The largest absolute Gasteiger partial charge is 0.377 e. The second-order valence-electron chi connectivity index (χ2n) is 4.83. The van der Waals surface area contributed by atoms with Gasteiger partial charge in [-0.05, 0) is 29.9 Å². The molecule has 1 nitrogen and oxygen atoms in total. The van der Waals surface area contributed by atoms with Crippen LogP contribution in [0.2, 0.25) is 0 Å². The fourth-order valence-electron chi connectivity index (χ4n) is 2.35. The molecule has 0 saturated heterocycles. The van der Waals surface area contributed by atoms with Gasteiger partial charge in [0, 0.05) is 10.6 Å². The zero-order chi connectivity index (χ0) is 14.2. The average molecular weight is 285 g/mol. The van der Waals surface area contributed by atoms with Crippen LogP contribution in [0, 0.1) is 0 Å². The van der Waals surface area contributed by atoms with Gasteiger partial charge in [-0.15, -0.1) is 11.8 Å². The number of hydrogen-bond acceptors (Lipinski definition) is 2. The molecule has 20 heavy (non-hydrogen) atoms. The van der Waals surface area contributed by atoms with E-state index in [9.17, 15) is 0 Å². The van der Waals surface area contributed by atoms with Crippen LogP contribution in [-0.2, 0) is 0 Å². The molecule has 2 aromatic rings. The van der Waals surface area contributed by atoms with E-state index in [4.69, 9.17) is 0 Å². The summed E-state index contributed by atoms with van der Waals surface area (Å²) in [7, 11) is 0. The molecule has 2 heteroatoms. The molecule has 0 radical (unpaired) electrons. The SMILES string of the molecule is CCCC(Nc1ccccc1SCC)c1ccccc1. The van der Waals surface area contributed by atoms with Crippen LogP contribution in [-0.4, -0.2) is 5.75 Å². The van der Waals surface area contributed by atoms with Gasteiger partial charge in [0.1, 0.15) is 0 Å². The maximum atomic E-state index is 3.73. The third-order valence-corrected chi connectivity index (χ3v) is 4.25. The van der Waals surface area contributed by atoms with Crippen LogP contribution < -0.4 is 5.32 Å². The molecule has 0 aromatic heterocycles. The Balaban J connectivity index is 2.20. The molecule has 1 N–H and O–H groups in total. The summed E-state index contributed by atoms with van der Waals surface area (Å²) in [5.41, 5.74) is 2.62. The van der Waals surface area contributed by atoms with Crippen molar-refractivity contribution >= 4 is 17.4 Å². The van der Waals surface area contributed by atoms with Gasteiger partial charge in [-0.1, -0.05) is 62.7 Å². The van der Waals surface area contributed by atoms with E-state index in [-0.39, 0.29) is 0 Å². The molecule has 0 aliphatic carbocycles. The van der Waals surface area contributed by atoms with Crippen molar-refractivity contribution < 1.29 is 0 Å². The minimum atomic E-state index is 0.389. The van der Waals surface area contributed by atoms with E-state index < -0.39 is 0 Å². The number of hydrogen-bond donors (Lipinski definition) is 1. The third kappa shape index (κ3) is 4.04. The minimum absolute atomic E-state index is 0.389. The fourth-order valence-corrected chi connectivity index (χ4v) is 3.12. The molecule has 0 fully saturated rings. The Morgan fingerprint density at radius 3 is 2.35 bits per heavy atom. The summed E-state index contributed by atoms with van der Waals surface area (Å²) in [4.78, 5) is 1.34. The zero-order valence-electron chi connectivity index (χ0n) is 12.3. The molecule has 0 bridgehead atoms. The van der Waals surface area contributed by atoms with Crippen molar-refractivity contribution in [3.8, 4) is 0 Å². The standard InChI is InChI=1S/C18H23NS/c1-3-10-16(15-11-6-5-7-12-15)19-17-13-8-9-14-18(17)20-4-2/h5-9,11-14,16,19H,3-4,10H2,1-2H3. The van der Waals surface area contributed by atoms with Crippen LogP contribution >= 0.6 is 11.8 Å². The predicted octanol–water partition coefficient (Wildman–Crippen LogP) is 5.75. The quantitative estimate of drug-likeness (QED) is 0.650. The van der Waals surface area contributed by atoms with E-state index in [1.165, 1.54) is 22.6 Å². The van der Waals surface area contributed by atoms with Crippen molar-refractivity contribution in [1.82, 2.24) is 0 Å². The van der Waals surface area contributed by atoms with Crippen LogP contribution in [0.5, 0.6) is 0 Å². The molecule has 0 aliphatic rings. The summed E-state index contributed by atoms with van der Waals surface area (Å²) in [6, 6.07) is 19.7. The van der Waals surface area contributed by atoms with Gasteiger partial charge >= 0.3 is 0 Å². The maximum Gasteiger partial charge on any atom is 0.0514 e. The van der Waals surface area contributed by atoms with E-state index >= 15 is 0 Å². The van der Waals surface area contributed by atoms with E-state index in [2.05, 4.69) is 73.8 Å². The summed E-state index contributed by atoms with van der Waals surface area (Å²) in [6.07, 6.45) is 2.32. The van der Waals surface area contributed by atoms with Crippen molar-refractivity contribution in [3.05, 3.63) is 60.2 Å². The first kappa shape index (κ1) is 15.0. The normalized spacial score (nSPS) is 12.1. The summed E-state index contributed by atoms with van der Waals surface area (Å²) in [5, 5.41) is 3.73. The lowest BCUT2D eigenvalue weighted by molar-refractivity contribution is 0.676. The molecule has 0 aliphatic heterocycles. The molecular formula is C18H23NS. The van der Waals surface area contributed by atoms with Gasteiger partial charge in [0.05, 0.1) is 6.04 Å². The second-order valence-corrected chi connectivity index (χ2v) is 6.13. The Labute approximate surface area is 126 Å². The summed E-state index contributed by atoms with van der Waals surface area (Å²) in [5.74, 6) is 1.10. The number of thioether (sulfide) groups is 1. The van der Waals surface area contributed by atoms with Gasteiger partial charge in [0.25, 0.3) is 0 Å². The third-order valence-electron chi connectivity index (χ3n) is 3.30. The highest BCUT2D eigenvalue weighted by Crippen LogP contribution is 2.31. The molecule has 0 spiro atoms. The minimum Gasteiger partial charge on any atom is -0.377 e.